The average Bonchev–Trinajstić information content (AvgIpc) is 1.63. The van der Waals surface area contributed by atoms with Gasteiger partial charge in [-0.25, -0.2) is 34.1 Å². The molecule has 0 saturated carbocycles. The molecule has 5 aromatic carbocycles. The summed E-state index contributed by atoms with van der Waals surface area (Å²) >= 11 is 10.7. The van der Waals surface area contributed by atoms with Crippen molar-refractivity contribution in [3.8, 4) is 10.4 Å². The molecular weight excluding hydrogens is 2030 g/mol. The van der Waals surface area contributed by atoms with Crippen LogP contribution in [0.15, 0.2) is 193 Å². The molecule has 0 radical (unpaired) electrons. The maximum atomic E-state index is 13.4. The molecule has 6 fully saturated rings. The van der Waals surface area contributed by atoms with Gasteiger partial charge in [-0.05, 0) is 187 Å². The molecule has 43 heteroatoms. The molecule has 6 aliphatic heterocycles. The van der Waals surface area contributed by atoms with Crippen LogP contribution in [0.25, 0.3) is 30.9 Å². The van der Waals surface area contributed by atoms with Gasteiger partial charge in [-0.15, -0.1) is 34.0 Å². The van der Waals surface area contributed by atoms with Crippen molar-refractivity contribution in [1.29, 1.82) is 0 Å². The molecule has 732 valence electrons. The zero-order valence-electron chi connectivity index (χ0n) is 75.2. The van der Waals surface area contributed by atoms with E-state index in [0.717, 1.165) is 179 Å². The van der Waals surface area contributed by atoms with Crippen LogP contribution in [0.2, 0.25) is 0 Å². The number of carbonyl (C=O) groups is 4. The highest BCUT2D eigenvalue weighted by Gasteiger charge is 2.39. The summed E-state index contributed by atoms with van der Waals surface area (Å²) in [6, 6.07) is 46.5. The van der Waals surface area contributed by atoms with Crippen LogP contribution in [0.4, 0.5) is 46.4 Å². The monoisotopic (exact) mass is 2150 g/mol. The summed E-state index contributed by atoms with van der Waals surface area (Å²) in [5.41, 5.74) is 10.8. The highest BCUT2D eigenvalue weighted by molar-refractivity contribution is 9.11. The molecule has 6 atom stereocenters. The van der Waals surface area contributed by atoms with Gasteiger partial charge in [0.15, 0.2) is 0 Å². The number of thiophene rings is 3. The fraction of sp³-hybridized carbons (Fsp3) is 0.440. The number of nitrogens with one attached hydrogen (secondary N) is 1. The van der Waals surface area contributed by atoms with Gasteiger partial charge in [-0.3, -0.25) is 18.7 Å². The number of likely N-dealkylation sites (N-methyl/N-ethyl adjacent to an activating group) is 2. The van der Waals surface area contributed by atoms with Gasteiger partial charge in [0.2, 0.25) is 0 Å². The number of carbonyl (C=O) groups excluding carboxylic acids is 4. The molecule has 6 aliphatic rings. The minimum Gasteiger partial charge on any atom is -0.465 e. The van der Waals surface area contributed by atoms with Crippen LogP contribution in [0.1, 0.15) is 107 Å². The molecule has 10 aromatic rings. The molecular formula is C91H121BBr2F6N16O9S9. The second-order valence-corrected chi connectivity index (χ2v) is 39.0. The summed E-state index contributed by atoms with van der Waals surface area (Å²) in [6.45, 7) is 12.8. The van der Waals surface area contributed by atoms with Crippen molar-refractivity contribution in [2.75, 3.05) is 133 Å². The third-order valence-electron chi connectivity index (χ3n) is 23.7. The van der Waals surface area contributed by atoms with Crippen LogP contribution in [-0.2, 0) is 36.4 Å². The summed E-state index contributed by atoms with van der Waals surface area (Å²) in [4.78, 5) is 109. The van der Waals surface area contributed by atoms with Crippen LogP contribution in [0.3, 0.4) is 0 Å². The first kappa shape index (κ1) is 115. The SMILES string of the molecule is CN(C(=O)N1CC[C@H](n2cnc3cc(-c4ccc(C(F)(F)F)cc4)sc3c2=O)C1)[C@H]1CCN(CCCc2ccccc2)C1.CN(C(=O)N1CC[C@H](n2cnc3cc(Br)sc3c2=O)C1)[C@H]1CCN(CCCc2ccccc2)C1.COC(=O)c1sc(Br)cc1N=CN(C)C.N[C@H]1CCN(C(=O)N[C@H]2CCN(CCCc3ccccc3)C2)C1.OB(O)c1ccc(C(F)(F)F)cc1.S.S.S.S.S.S. The Balaban J connectivity index is 0.000000271. The number of esters is 1. The van der Waals surface area contributed by atoms with Crippen molar-refractivity contribution >= 4 is 216 Å². The van der Waals surface area contributed by atoms with E-state index >= 15 is 0 Å². The number of rotatable bonds is 22. The standard InChI is InChI=1S/C32H34F3N5O2S.C25H30BrN5O2S.C18H28N4O.C9H11BrN2O2S.C7H6BF3O2.6H2S/c1-37(25-13-16-38(19-25)15-5-8-22-6-3-2-4-7-22)31(42)39-17-14-26(20-39)40-21-36-27-18-28(43-29(27)30(40)41)23-9-11-24(12-10-23)32(33,34)35;1-28(19-9-12-29(15-19)11-5-8-18-6-3-2-4-7-18)25(33)30-13-10-20(16-30)31-17-27-21-14-22(26)34-23(21)24(31)32;19-16-8-12-22(13-16)18(23)20-17-9-11-21(14-17)10-4-7-15-5-2-1-3-6-15;1-12(2)5-11-6-4-7(10)15-8(6)9(13)14-3;9-7(10,11)5-1-3-6(4-2-5)8(12)13;;;;;;/h2-4,6-7,9-12,18,21,25-26H,5,8,13-17,19-20H2,1H3;2-4,6-7,14,17,19-20H,5,8-13,15-16H2,1H3;1-3,5-6,16-17H,4,7-14,19H2,(H,20,23);4-5H,1-3H3;1-4,12-13H;6*1H2/t25-,26-;19-,20-;16-,17-;;;;;;;;/m000......../s1. The van der Waals surface area contributed by atoms with E-state index in [1.165, 1.54) is 82.7 Å². The topological polar surface area (TPSA) is 267 Å². The number of alkyl halides is 6. The number of ether oxygens (including phenoxy) is 1. The molecule has 5 N–H and O–H groups in total. The lowest BCUT2D eigenvalue weighted by atomic mass is 9.80. The largest absolute Gasteiger partial charge is 0.488 e. The fourth-order valence-electron chi connectivity index (χ4n) is 16.6. The Labute approximate surface area is 849 Å². The number of benzene rings is 5. The molecule has 16 rings (SSSR count). The maximum absolute atomic E-state index is 13.4. The minimum atomic E-state index is -4.40. The first-order chi connectivity index (χ1) is 61.3. The van der Waals surface area contributed by atoms with E-state index in [0.29, 0.717) is 75.1 Å². The third-order valence-corrected chi connectivity index (χ3v) is 28.1. The summed E-state index contributed by atoms with van der Waals surface area (Å²) in [7, 11) is 7.15. The van der Waals surface area contributed by atoms with E-state index in [4.69, 9.17) is 15.8 Å². The number of nitrogens with two attached hydrogens (primary N) is 1. The van der Waals surface area contributed by atoms with Crippen molar-refractivity contribution in [2.24, 2.45) is 10.7 Å². The number of nitrogens with zero attached hydrogens (tertiary/aromatic N) is 14. The Morgan fingerprint density at radius 1 is 0.537 bits per heavy atom. The quantitative estimate of drug-likeness (QED) is 0.0161. The highest BCUT2D eigenvalue weighted by Crippen LogP contribution is 2.38. The van der Waals surface area contributed by atoms with Crippen molar-refractivity contribution in [1.82, 2.24) is 68.5 Å². The van der Waals surface area contributed by atoms with Crippen LogP contribution in [-0.4, -0.2) is 268 Å². The van der Waals surface area contributed by atoms with Gasteiger partial charge >= 0.3 is 43.5 Å². The molecule has 6 amide bonds. The average molecular weight is 2160 g/mol. The first-order valence-corrected chi connectivity index (χ1v) is 47.0. The predicted octanol–water partition coefficient (Wildman–Crippen LogP) is 15.4. The van der Waals surface area contributed by atoms with Crippen molar-refractivity contribution in [2.45, 2.75) is 126 Å². The summed E-state index contributed by atoms with van der Waals surface area (Å²) < 4.78 is 85.7. The molecule has 5 aromatic heterocycles. The Kier molecular flexibility index (Phi) is 47.3. The number of aromatic nitrogens is 4. The van der Waals surface area contributed by atoms with E-state index in [2.05, 4.69) is 157 Å². The minimum absolute atomic E-state index is 0. The summed E-state index contributed by atoms with van der Waals surface area (Å²) in [5, 5.41) is 20.4. The van der Waals surface area contributed by atoms with Gasteiger partial charge < -0.3 is 69.9 Å². The van der Waals surface area contributed by atoms with Gasteiger partial charge in [0.05, 0.1) is 73.6 Å². The van der Waals surface area contributed by atoms with Crippen molar-refractivity contribution in [3.05, 3.63) is 231 Å². The molecule has 0 aliphatic carbocycles. The smallest absolute Gasteiger partial charge is 0.465 e. The molecule has 0 spiro atoms. The van der Waals surface area contributed by atoms with E-state index in [-0.39, 0.29) is 158 Å². The summed E-state index contributed by atoms with van der Waals surface area (Å²) in [5.74, 6) is -0.364. The second kappa shape index (κ2) is 54.9. The number of methoxy groups -OCH3 is 1. The van der Waals surface area contributed by atoms with Gasteiger partial charge in [0.25, 0.3) is 11.1 Å². The maximum Gasteiger partial charge on any atom is 0.488 e. The normalized spacial score (nSPS) is 18.1. The zero-order valence-corrected chi connectivity index (χ0v) is 86.8. The molecule has 134 heavy (non-hydrogen) atoms. The number of amides is 6. The molecule has 0 bridgehead atoms. The number of aryl methyl sites for hydroxylation is 3. The molecule has 11 heterocycles. The van der Waals surface area contributed by atoms with Gasteiger partial charge in [-0.1, -0.05) is 127 Å². The van der Waals surface area contributed by atoms with E-state index in [1.54, 1.807) is 38.8 Å². The molecule has 6 saturated heterocycles. The van der Waals surface area contributed by atoms with Crippen LogP contribution in [0.5, 0.6) is 0 Å². The van der Waals surface area contributed by atoms with Gasteiger partial charge in [0, 0.05) is 136 Å². The van der Waals surface area contributed by atoms with Crippen LogP contribution >= 0.6 is 147 Å². The molecule has 0 unspecified atom stereocenters. The van der Waals surface area contributed by atoms with E-state index in [1.807, 2.05) is 64.8 Å². The number of fused-ring (bicyclic) bond motifs is 2. The first-order valence-electron chi connectivity index (χ1n) is 42.9. The zero-order chi connectivity index (χ0) is 91.3. The molecule has 25 nitrogen and oxygen atoms in total. The number of halogens is 8. The van der Waals surface area contributed by atoms with Crippen molar-refractivity contribution < 1.29 is 60.3 Å². The lowest BCUT2D eigenvalue weighted by molar-refractivity contribution is -0.138. The van der Waals surface area contributed by atoms with Crippen LogP contribution < -0.4 is 27.6 Å². The number of likely N-dealkylation sites (tertiary alicyclic amines) is 6. The van der Waals surface area contributed by atoms with E-state index in [9.17, 15) is 55.1 Å². The Bertz CT molecular complexity index is 5480. The van der Waals surface area contributed by atoms with Gasteiger partial charge in [-0.2, -0.15) is 107 Å². The highest BCUT2D eigenvalue weighted by atomic mass is 79.9. The van der Waals surface area contributed by atoms with Crippen LogP contribution in [0, 0.1) is 0 Å². The fourth-order valence-corrected chi connectivity index (χ4v) is 20.5. The van der Waals surface area contributed by atoms with Gasteiger partial charge in [0.1, 0.15) is 14.3 Å². The third kappa shape index (κ3) is 32.7. The lowest BCUT2D eigenvalue weighted by Crippen LogP contribution is -2.46. The van der Waals surface area contributed by atoms with Crippen molar-refractivity contribution in [3.63, 3.8) is 0 Å². The Hall–Kier alpha value is -7.31. The number of hydrogen-bond acceptors (Lipinski definition) is 19. The predicted molar refractivity (Wildman–Crippen MR) is 563 cm³/mol. The lowest BCUT2D eigenvalue weighted by Gasteiger charge is -2.29. The summed E-state index contributed by atoms with van der Waals surface area (Å²) in [6.07, 6.45) is 8.03. The Morgan fingerprint density at radius 3 is 1.40 bits per heavy atom. The second-order valence-electron chi connectivity index (χ2n) is 33.1. The Morgan fingerprint density at radius 2 is 0.963 bits per heavy atom. The van der Waals surface area contributed by atoms with E-state index < -0.39 is 30.6 Å². The number of hydrogen-bond donors (Lipinski definition) is 4. The number of urea groups is 3. The number of aliphatic imine (C=N–C) groups is 1.